The summed E-state index contributed by atoms with van der Waals surface area (Å²) in [4.78, 5) is 36.2. The van der Waals surface area contributed by atoms with Gasteiger partial charge < -0.3 is 15.1 Å². The van der Waals surface area contributed by atoms with Gasteiger partial charge in [0.2, 0.25) is 5.91 Å². The fraction of sp³-hybridized carbons (Fsp3) is 0.333. The largest absolute Gasteiger partial charge is 0.356 e. The second-order valence-electron chi connectivity index (χ2n) is 6.73. The number of benzene rings is 1. The molecule has 0 radical (unpaired) electrons. The molecule has 25 heavy (non-hydrogen) atoms. The molecule has 130 valence electrons. The van der Waals surface area contributed by atoms with Gasteiger partial charge in [0.05, 0.1) is 17.1 Å². The number of nitrogens with zero attached hydrogens (tertiary/aromatic N) is 1. The Morgan fingerprint density at radius 3 is 2.60 bits per heavy atom. The van der Waals surface area contributed by atoms with E-state index in [1.165, 1.54) is 6.07 Å². The average molecular weight is 358 g/mol. The number of fused-ring (bicyclic) bond motifs is 2. The van der Waals surface area contributed by atoms with Gasteiger partial charge in [-0.3, -0.25) is 9.36 Å². The summed E-state index contributed by atoms with van der Waals surface area (Å²) >= 11 is 0. The molecule has 1 aromatic rings. The van der Waals surface area contributed by atoms with Gasteiger partial charge in [-0.25, -0.2) is 4.99 Å². The molecule has 0 spiro atoms. The quantitative estimate of drug-likeness (QED) is 0.701. The first-order valence-corrected chi connectivity index (χ1v) is 9.94. The Kier molecular flexibility index (Phi) is 3.80. The van der Waals surface area contributed by atoms with Crippen molar-refractivity contribution in [2.45, 2.75) is 31.6 Å². The summed E-state index contributed by atoms with van der Waals surface area (Å²) in [6, 6.07) is 3.20. The molecule has 2 heterocycles. The zero-order valence-electron chi connectivity index (χ0n) is 13.6. The Balaban J connectivity index is 1.88. The van der Waals surface area contributed by atoms with E-state index in [0.717, 1.165) is 36.0 Å². The molecule has 7 heteroatoms. The molecule has 1 aliphatic carbocycles. The predicted octanol–water partition coefficient (Wildman–Crippen LogP) is 1.68. The lowest BCUT2D eigenvalue weighted by atomic mass is 9.77. The summed E-state index contributed by atoms with van der Waals surface area (Å²) in [5.74, 6) is -0.213. The number of hydrogen-bond donors (Lipinski definition) is 3. The van der Waals surface area contributed by atoms with Gasteiger partial charge in [0.15, 0.2) is 0 Å². The molecule has 2 atom stereocenters. The van der Waals surface area contributed by atoms with Crippen molar-refractivity contribution in [1.82, 2.24) is 5.32 Å². The molecule has 0 aromatic heterocycles. The van der Waals surface area contributed by atoms with Crippen molar-refractivity contribution in [2.24, 2.45) is 10.9 Å². The number of amides is 1. The van der Waals surface area contributed by atoms with Gasteiger partial charge in [0.1, 0.15) is 5.84 Å². The van der Waals surface area contributed by atoms with E-state index in [1.807, 2.05) is 0 Å². The molecule has 1 saturated heterocycles. The van der Waals surface area contributed by atoms with Gasteiger partial charge in [0.25, 0.3) is 0 Å². The lowest BCUT2D eigenvalue weighted by Gasteiger charge is -2.27. The second-order valence-corrected chi connectivity index (χ2v) is 8.30. The lowest BCUT2D eigenvalue weighted by Crippen LogP contribution is -2.24. The van der Waals surface area contributed by atoms with Crippen molar-refractivity contribution in [2.75, 3.05) is 0 Å². The van der Waals surface area contributed by atoms with Crippen LogP contribution in [0.1, 0.15) is 35.4 Å². The van der Waals surface area contributed by atoms with E-state index in [4.69, 9.17) is 0 Å². The van der Waals surface area contributed by atoms with Crippen molar-refractivity contribution in [3.05, 3.63) is 53.3 Å². The molecule has 1 fully saturated rings. The molecule has 0 bridgehead atoms. The summed E-state index contributed by atoms with van der Waals surface area (Å²) < 4.78 is 11.9. The van der Waals surface area contributed by atoms with Crippen LogP contribution >= 0.6 is 7.60 Å². The number of carbonyl (C=O) groups is 1. The number of amidine groups is 1. The maximum atomic E-state index is 12.6. The minimum absolute atomic E-state index is 0.0978. The van der Waals surface area contributed by atoms with E-state index in [9.17, 15) is 19.1 Å². The number of aliphatic imine (C=N–C) groups is 1. The lowest BCUT2D eigenvalue weighted by molar-refractivity contribution is -0.120. The smallest absolute Gasteiger partial charge is 0.321 e. The standard InChI is InChI=1S/C18H19N2O4P/c1-10-8-9-19-17-15(10)16(18(21)20-17)13-6-7-14(25(22,23)24)12-5-3-2-4-11(12)13/h6-9,15-16H,1-5H2,(H,19,20,21)(H2,22,23,24). The number of carbonyl (C=O) groups excluding carboxylic acids is 1. The van der Waals surface area contributed by atoms with Crippen LogP contribution in [-0.4, -0.2) is 21.5 Å². The van der Waals surface area contributed by atoms with E-state index in [2.05, 4.69) is 16.9 Å². The Labute approximate surface area is 145 Å². The first kappa shape index (κ1) is 16.5. The monoisotopic (exact) mass is 358 g/mol. The first-order chi connectivity index (χ1) is 11.9. The zero-order valence-corrected chi connectivity index (χ0v) is 14.5. The van der Waals surface area contributed by atoms with Crippen LogP contribution in [0.4, 0.5) is 0 Å². The summed E-state index contributed by atoms with van der Waals surface area (Å²) in [6.07, 6.45) is 6.63. The molecule has 4 rings (SSSR count). The third-order valence-corrected chi connectivity index (χ3v) is 6.31. The van der Waals surface area contributed by atoms with Crippen molar-refractivity contribution < 1.29 is 19.1 Å². The first-order valence-electron chi connectivity index (χ1n) is 8.32. The minimum Gasteiger partial charge on any atom is -0.321 e. The summed E-state index contributed by atoms with van der Waals surface area (Å²) in [5.41, 5.74) is 3.29. The Morgan fingerprint density at radius 1 is 1.16 bits per heavy atom. The molecule has 3 N–H and O–H groups in total. The van der Waals surface area contributed by atoms with Crippen molar-refractivity contribution >= 4 is 24.6 Å². The number of nitrogens with one attached hydrogen (secondary N) is 1. The molecular formula is C18H19N2O4P. The van der Waals surface area contributed by atoms with Gasteiger partial charge >= 0.3 is 7.60 Å². The maximum Gasteiger partial charge on any atom is 0.356 e. The molecule has 1 amide bonds. The molecule has 2 unspecified atom stereocenters. The van der Waals surface area contributed by atoms with Crippen LogP contribution in [0.3, 0.4) is 0 Å². The van der Waals surface area contributed by atoms with E-state index in [-0.39, 0.29) is 17.1 Å². The number of rotatable bonds is 2. The van der Waals surface area contributed by atoms with Crippen molar-refractivity contribution in [3.63, 3.8) is 0 Å². The van der Waals surface area contributed by atoms with Crippen LogP contribution in [0.2, 0.25) is 0 Å². The SMILES string of the molecule is C=C1C=CN=C2NC(=O)C(c3ccc(P(=O)(O)O)c4c3CCCC4)C12. The van der Waals surface area contributed by atoms with E-state index in [0.29, 0.717) is 17.8 Å². The normalized spacial score (nSPS) is 25.3. The third-order valence-electron chi connectivity index (χ3n) is 5.26. The van der Waals surface area contributed by atoms with Gasteiger partial charge in [-0.2, -0.15) is 0 Å². The van der Waals surface area contributed by atoms with Gasteiger partial charge in [-0.15, -0.1) is 0 Å². The van der Waals surface area contributed by atoms with E-state index < -0.39 is 13.5 Å². The Hall–Kier alpha value is -2.01. The molecule has 3 aliphatic rings. The summed E-state index contributed by atoms with van der Waals surface area (Å²) in [7, 11) is -4.34. The fourth-order valence-electron chi connectivity index (χ4n) is 4.17. The van der Waals surface area contributed by atoms with Crippen LogP contribution < -0.4 is 10.6 Å². The highest BCUT2D eigenvalue weighted by atomic mass is 31.2. The van der Waals surface area contributed by atoms with Crippen LogP contribution in [0.15, 0.2) is 41.6 Å². The zero-order chi connectivity index (χ0) is 17.8. The molecule has 1 aromatic carbocycles. The van der Waals surface area contributed by atoms with Gasteiger partial charge in [-0.1, -0.05) is 12.6 Å². The van der Waals surface area contributed by atoms with Crippen molar-refractivity contribution in [1.29, 1.82) is 0 Å². The highest BCUT2D eigenvalue weighted by Gasteiger charge is 2.44. The second kappa shape index (κ2) is 5.77. The topological polar surface area (TPSA) is 99.0 Å². The van der Waals surface area contributed by atoms with Gasteiger partial charge in [0, 0.05) is 6.20 Å². The van der Waals surface area contributed by atoms with Crippen LogP contribution in [0.5, 0.6) is 0 Å². The van der Waals surface area contributed by atoms with E-state index in [1.54, 1.807) is 18.3 Å². The van der Waals surface area contributed by atoms with Gasteiger partial charge in [-0.05, 0) is 60.1 Å². The Bertz CT molecular complexity index is 897. The van der Waals surface area contributed by atoms with Crippen LogP contribution in [0, 0.1) is 5.92 Å². The highest BCUT2D eigenvalue weighted by molar-refractivity contribution is 7.60. The number of hydrogen-bond acceptors (Lipinski definition) is 3. The molecule has 0 saturated carbocycles. The Morgan fingerprint density at radius 2 is 1.88 bits per heavy atom. The van der Waals surface area contributed by atoms with E-state index >= 15 is 0 Å². The van der Waals surface area contributed by atoms with Crippen molar-refractivity contribution in [3.8, 4) is 0 Å². The predicted molar refractivity (Wildman–Crippen MR) is 94.9 cm³/mol. The van der Waals surface area contributed by atoms with Crippen LogP contribution in [-0.2, 0) is 22.2 Å². The minimum atomic E-state index is -4.34. The fourth-order valence-corrected chi connectivity index (χ4v) is 5.04. The third kappa shape index (κ3) is 2.61. The molecule has 6 nitrogen and oxygen atoms in total. The average Bonchev–Trinajstić information content (AvgIpc) is 2.90. The molecule has 2 aliphatic heterocycles. The molecular weight excluding hydrogens is 339 g/mol. The summed E-state index contributed by atoms with van der Waals surface area (Å²) in [5, 5.41) is 2.93. The maximum absolute atomic E-state index is 12.6. The summed E-state index contributed by atoms with van der Waals surface area (Å²) in [6.45, 7) is 4.05. The van der Waals surface area contributed by atoms with Crippen LogP contribution in [0.25, 0.3) is 0 Å². The number of allylic oxidation sites excluding steroid dienone is 1. The highest BCUT2D eigenvalue weighted by Crippen LogP contribution is 2.43.